The molecule has 0 saturated carbocycles. The minimum absolute atomic E-state index is 0. The number of fused-ring (bicyclic) bond motifs is 1. The number of halogens is 1. The molecule has 0 amide bonds. The second kappa shape index (κ2) is 3.68. The molecule has 1 atom stereocenters. The monoisotopic (exact) mass is 248 g/mol. The molecular weight excluding hydrogens is 232 g/mol. The van der Waals surface area contributed by atoms with E-state index >= 15 is 0 Å². The zero-order valence-electron chi connectivity index (χ0n) is 9.44. The molecule has 1 unspecified atom stereocenters. The molecule has 15 heavy (non-hydrogen) atoms. The van der Waals surface area contributed by atoms with E-state index in [2.05, 4.69) is 36.1 Å². The van der Waals surface area contributed by atoms with Crippen LogP contribution in [0, 0.1) is 0 Å². The fraction of sp³-hybridized carbons (Fsp3) is 0.700. The SMILES string of the molecule is CC1=CSC2=NC(C)(O)CC(C)(C)N12.Cl. The maximum absolute atomic E-state index is 9.99. The van der Waals surface area contributed by atoms with Crippen molar-refractivity contribution in [3.05, 3.63) is 11.1 Å². The Bertz CT molecular complexity index is 336. The molecule has 0 aromatic carbocycles. The van der Waals surface area contributed by atoms with Crippen molar-refractivity contribution in [3.63, 3.8) is 0 Å². The summed E-state index contributed by atoms with van der Waals surface area (Å²) in [6, 6.07) is 0. The number of hydrogen-bond acceptors (Lipinski definition) is 4. The van der Waals surface area contributed by atoms with E-state index in [1.54, 1.807) is 18.7 Å². The van der Waals surface area contributed by atoms with Crippen molar-refractivity contribution in [2.24, 2.45) is 4.99 Å². The molecule has 3 nitrogen and oxygen atoms in total. The topological polar surface area (TPSA) is 35.8 Å². The molecule has 1 N–H and O–H groups in total. The summed E-state index contributed by atoms with van der Waals surface area (Å²) in [7, 11) is 0. The summed E-state index contributed by atoms with van der Waals surface area (Å²) in [5, 5.41) is 13.0. The first-order chi connectivity index (χ1) is 6.32. The van der Waals surface area contributed by atoms with Crippen molar-refractivity contribution in [2.75, 3.05) is 0 Å². The zero-order chi connectivity index (χ0) is 10.6. The molecule has 2 aliphatic heterocycles. The number of allylic oxidation sites excluding steroid dienone is 1. The predicted molar refractivity (Wildman–Crippen MR) is 67.2 cm³/mol. The molecule has 0 aromatic heterocycles. The van der Waals surface area contributed by atoms with Gasteiger partial charge in [0.2, 0.25) is 0 Å². The van der Waals surface area contributed by atoms with E-state index in [1.165, 1.54) is 5.70 Å². The third-order valence-corrected chi connectivity index (χ3v) is 3.53. The number of nitrogens with zero attached hydrogens (tertiary/aromatic N) is 2. The van der Waals surface area contributed by atoms with Gasteiger partial charge in [0.15, 0.2) is 10.9 Å². The minimum atomic E-state index is -0.916. The zero-order valence-corrected chi connectivity index (χ0v) is 11.1. The van der Waals surface area contributed by atoms with Gasteiger partial charge >= 0.3 is 0 Å². The fourth-order valence-electron chi connectivity index (χ4n) is 2.35. The number of thioether (sulfide) groups is 1. The summed E-state index contributed by atoms with van der Waals surface area (Å²) in [5.41, 5.74) is 0.250. The third-order valence-electron chi connectivity index (χ3n) is 2.59. The Kier molecular flexibility index (Phi) is 3.16. The lowest BCUT2D eigenvalue weighted by molar-refractivity contribution is 0.00700. The molecule has 0 bridgehead atoms. The largest absolute Gasteiger partial charge is 0.369 e. The van der Waals surface area contributed by atoms with E-state index in [1.807, 2.05) is 0 Å². The summed E-state index contributed by atoms with van der Waals surface area (Å²) in [5.74, 6) is 0. The summed E-state index contributed by atoms with van der Waals surface area (Å²) >= 11 is 1.59. The van der Waals surface area contributed by atoms with Crippen molar-refractivity contribution >= 4 is 29.3 Å². The molecule has 0 aromatic rings. The van der Waals surface area contributed by atoms with Crippen LogP contribution in [0.2, 0.25) is 0 Å². The highest BCUT2D eigenvalue weighted by molar-refractivity contribution is 8.16. The Morgan fingerprint density at radius 1 is 1.47 bits per heavy atom. The van der Waals surface area contributed by atoms with Gasteiger partial charge in [-0.1, -0.05) is 11.8 Å². The molecule has 0 radical (unpaired) electrons. The van der Waals surface area contributed by atoms with Crippen LogP contribution in [0.1, 0.15) is 34.1 Å². The molecule has 2 heterocycles. The van der Waals surface area contributed by atoms with Crippen LogP contribution in [-0.2, 0) is 0 Å². The van der Waals surface area contributed by atoms with Crippen LogP contribution in [0.4, 0.5) is 0 Å². The number of amidine groups is 1. The smallest absolute Gasteiger partial charge is 0.171 e. The quantitative estimate of drug-likeness (QED) is 0.716. The first-order valence-corrected chi connectivity index (χ1v) is 5.66. The van der Waals surface area contributed by atoms with Gasteiger partial charge in [-0.15, -0.1) is 12.4 Å². The van der Waals surface area contributed by atoms with Crippen LogP contribution in [0.5, 0.6) is 0 Å². The Morgan fingerprint density at radius 3 is 2.67 bits per heavy atom. The highest BCUT2D eigenvalue weighted by atomic mass is 35.5. The van der Waals surface area contributed by atoms with E-state index < -0.39 is 5.72 Å². The average molecular weight is 249 g/mol. The van der Waals surface area contributed by atoms with E-state index in [4.69, 9.17) is 0 Å². The lowest BCUT2D eigenvalue weighted by atomic mass is 9.90. The Labute approximate surface area is 101 Å². The molecular formula is C10H17ClN2OS. The maximum Gasteiger partial charge on any atom is 0.171 e. The number of aliphatic imine (C=N–C) groups is 1. The summed E-state index contributed by atoms with van der Waals surface area (Å²) in [6.07, 6.45) is 0.662. The van der Waals surface area contributed by atoms with Gasteiger partial charge in [-0.3, -0.25) is 0 Å². The first kappa shape index (κ1) is 12.9. The predicted octanol–water partition coefficient (Wildman–Crippen LogP) is 2.57. The van der Waals surface area contributed by atoms with E-state index in [0.29, 0.717) is 6.42 Å². The van der Waals surface area contributed by atoms with Gasteiger partial charge in [0.25, 0.3) is 0 Å². The third kappa shape index (κ3) is 2.17. The van der Waals surface area contributed by atoms with Crippen LogP contribution in [0.15, 0.2) is 16.1 Å². The van der Waals surface area contributed by atoms with E-state index in [9.17, 15) is 5.11 Å². The standard InChI is InChI=1S/C10H16N2OS.ClH/c1-7-5-14-8-11-10(4,13)6-9(2,3)12(7)8;/h5,13H,6H2,1-4H3;1H. The molecule has 2 rings (SSSR count). The fourth-order valence-corrected chi connectivity index (χ4v) is 3.48. The van der Waals surface area contributed by atoms with E-state index in [0.717, 1.165) is 5.17 Å². The maximum atomic E-state index is 9.99. The van der Waals surface area contributed by atoms with Gasteiger partial charge in [0, 0.05) is 17.7 Å². The van der Waals surface area contributed by atoms with Gasteiger partial charge in [0.1, 0.15) is 0 Å². The number of hydrogen-bond donors (Lipinski definition) is 1. The van der Waals surface area contributed by atoms with Crippen LogP contribution in [-0.4, -0.2) is 26.4 Å². The van der Waals surface area contributed by atoms with Crippen molar-refractivity contribution in [3.8, 4) is 0 Å². The Hall–Kier alpha value is -0.190. The molecule has 0 aliphatic carbocycles. The molecule has 0 fully saturated rings. The van der Waals surface area contributed by atoms with Crippen molar-refractivity contribution in [2.45, 2.75) is 45.4 Å². The van der Waals surface area contributed by atoms with Crippen LogP contribution in [0.3, 0.4) is 0 Å². The van der Waals surface area contributed by atoms with Crippen LogP contribution >= 0.6 is 24.2 Å². The molecule has 86 valence electrons. The Morgan fingerprint density at radius 2 is 2.07 bits per heavy atom. The lowest BCUT2D eigenvalue weighted by Crippen LogP contribution is -2.52. The van der Waals surface area contributed by atoms with Crippen molar-refractivity contribution in [1.29, 1.82) is 0 Å². The second-order valence-corrected chi connectivity index (χ2v) is 5.65. The second-order valence-electron chi connectivity index (χ2n) is 4.81. The summed E-state index contributed by atoms with van der Waals surface area (Å²) in [6.45, 7) is 8.13. The normalized spacial score (nSPS) is 32.7. The van der Waals surface area contributed by atoms with Crippen LogP contribution < -0.4 is 0 Å². The summed E-state index contributed by atoms with van der Waals surface area (Å²) < 4.78 is 0. The molecule has 2 aliphatic rings. The van der Waals surface area contributed by atoms with Crippen molar-refractivity contribution in [1.82, 2.24) is 4.90 Å². The van der Waals surface area contributed by atoms with E-state index in [-0.39, 0.29) is 17.9 Å². The molecule has 0 saturated heterocycles. The molecule has 5 heteroatoms. The van der Waals surface area contributed by atoms with Gasteiger partial charge in [0.05, 0.1) is 0 Å². The minimum Gasteiger partial charge on any atom is -0.369 e. The summed E-state index contributed by atoms with van der Waals surface area (Å²) in [4.78, 5) is 6.54. The number of rotatable bonds is 0. The average Bonchev–Trinajstić information content (AvgIpc) is 2.26. The van der Waals surface area contributed by atoms with Gasteiger partial charge in [-0.25, -0.2) is 4.99 Å². The lowest BCUT2D eigenvalue weighted by Gasteiger charge is -2.45. The van der Waals surface area contributed by atoms with Gasteiger partial charge in [-0.05, 0) is 33.1 Å². The van der Waals surface area contributed by atoms with Crippen LogP contribution in [0.25, 0.3) is 0 Å². The highest BCUT2D eigenvalue weighted by Gasteiger charge is 2.44. The Balaban J connectivity index is 0.00000112. The van der Waals surface area contributed by atoms with Crippen molar-refractivity contribution < 1.29 is 5.11 Å². The molecule has 0 spiro atoms. The van der Waals surface area contributed by atoms with Gasteiger partial charge < -0.3 is 10.0 Å². The number of aliphatic hydroxyl groups is 1. The van der Waals surface area contributed by atoms with Gasteiger partial charge in [-0.2, -0.15) is 0 Å². The highest BCUT2D eigenvalue weighted by Crippen LogP contribution is 2.41. The first-order valence-electron chi connectivity index (χ1n) is 4.78.